The first-order chi connectivity index (χ1) is 9.70. The number of benzene rings is 2. The summed E-state index contributed by atoms with van der Waals surface area (Å²) in [7, 11) is 0. The average molecular weight is 270 g/mol. The number of hydrogen-bond donors (Lipinski definition) is 2. The van der Waals surface area contributed by atoms with Crippen LogP contribution in [0.15, 0.2) is 48.5 Å². The van der Waals surface area contributed by atoms with E-state index in [1.54, 1.807) is 24.3 Å². The van der Waals surface area contributed by atoms with E-state index in [0.717, 1.165) is 11.3 Å². The van der Waals surface area contributed by atoms with Crippen LogP contribution < -0.4 is 11.1 Å². The van der Waals surface area contributed by atoms with Crippen LogP contribution in [0.3, 0.4) is 0 Å². The van der Waals surface area contributed by atoms with Gasteiger partial charge in [0.2, 0.25) is 0 Å². The first-order valence-electron chi connectivity index (χ1n) is 6.53. The molecule has 0 saturated heterocycles. The van der Waals surface area contributed by atoms with Gasteiger partial charge in [-0.25, -0.2) is 0 Å². The number of carbonyl (C=O) groups is 1. The number of rotatable bonds is 5. The van der Waals surface area contributed by atoms with E-state index in [-0.39, 0.29) is 5.91 Å². The summed E-state index contributed by atoms with van der Waals surface area (Å²) < 4.78 is 5.40. The second-order valence-corrected chi connectivity index (χ2v) is 4.37. The Balaban J connectivity index is 2.13. The fourth-order valence-corrected chi connectivity index (χ4v) is 1.81. The van der Waals surface area contributed by atoms with Gasteiger partial charge in [0.05, 0.1) is 6.61 Å². The van der Waals surface area contributed by atoms with Crippen LogP contribution in [0.1, 0.15) is 22.8 Å². The van der Waals surface area contributed by atoms with Crippen molar-refractivity contribution in [2.75, 3.05) is 17.7 Å². The van der Waals surface area contributed by atoms with Gasteiger partial charge in [0.15, 0.2) is 0 Å². The van der Waals surface area contributed by atoms with Crippen molar-refractivity contribution in [3.63, 3.8) is 0 Å². The Morgan fingerprint density at radius 2 is 1.85 bits per heavy atom. The SMILES string of the molecule is CCOCc1ccccc1NC(=O)c1ccc(N)cc1. The summed E-state index contributed by atoms with van der Waals surface area (Å²) in [5, 5.41) is 2.90. The highest BCUT2D eigenvalue weighted by Gasteiger charge is 2.08. The fraction of sp³-hybridized carbons (Fsp3) is 0.188. The molecule has 0 fully saturated rings. The summed E-state index contributed by atoms with van der Waals surface area (Å²) in [6.07, 6.45) is 0. The van der Waals surface area contributed by atoms with E-state index in [9.17, 15) is 4.79 Å². The molecule has 0 saturated carbocycles. The first kappa shape index (κ1) is 14.1. The Bertz CT molecular complexity index is 579. The molecular formula is C16H18N2O2. The smallest absolute Gasteiger partial charge is 0.255 e. The quantitative estimate of drug-likeness (QED) is 0.821. The number of para-hydroxylation sites is 1. The third kappa shape index (κ3) is 3.59. The molecule has 2 aromatic rings. The highest BCUT2D eigenvalue weighted by atomic mass is 16.5. The Morgan fingerprint density at radius 1 is 1.15 bits per heavy atom. The van der Waals surface area contributed by atoms with Crippen LogP contribution in [0.25, 0.3) is 0 Å². The second kappa shape index (κ2) is 6.73. The normalized spacial score (nSPS) is 10.2. The first-order valence-corrected chi connectivity index (χ1v) is 6.53. The van der Waals surface area contributed by atoms with Crippen molar-refractivity contribution < 1.29 is 9.53 Å². The lowest BCUT2D eigenvalue weighted by Gasteiger charge is -2.11. The largest absolute Gasteiger partial charge is 0.399 e. The van der Waals surface area contributed by atoms with Crippen molar-refractivity contribution in [1.82, 2.24) is 0 Å². The molecule has 0 atom stereocenters. The predicted octanol–water partition coefficient (Wildman–Crippen LogP) is 3.06. The molecule has 1 amide bonds. The predicted molar refractivity (Wildman–Crippen MR) is 80.6 cm³/mol. The molecule has 0 bridgehead atoms. The van der Waals surface area contributed by atoms with Crippen LogP contribution in [-0.4, -0.2) is 12.5 Å². The number of amides is 1. The van der Waals surface area contributed by atoms with E-state index in [4.69, 9.17) is 10.5 Å². The van der Waals surface area contributed by atoms with Crippen LogP contribution in [0.4, 0.5) is 11.4 Å². The number of anilines is 2. The summed E-state index contributed by atoms with van der Waals surface area (Å²) in [6.45, 7) is 3.06. The topological polar surface area (TPSA) is 64.3 Å². The van der Waals surface area contributed by atoms with E-state index >= 15 is 0 Å². The van der Waals surface area contributed by atoms with E-state index in [1.807, 2.05) is 31.2 Å². The molecule has 0 aromatic heterocycles. The van der Waals surface area contributed by atoms with E-state index in [0.29, 0.717) is 24.5 Å². The molecule has 0 spiro atoms. The summed E-state index contributed by atoms with van der Waals surface area (Å²) in [4.78, 5) is 12.2. The van der Waals surface area contributed by atoms with Gasteiger partial charge in [0, 0.05) is 29.1 Å². The fourth-order valence-electron chi connectivity index (χ4n) is 1.81. The molecular weight excluding hydrogens is 252 g/mol. The summed E-state index contributed by atoms with van der Waals surface area (Å²) in [6, 6.07) is 14.4. The Kier molecular flexibility index (Phi) is 4.74. The summed E-state index contributed by atoms with van der Waals surface area (Å²) in [5.74, 6) is -0.158. The van der Waals surface area contributed by atoms with Crippen molar-refractivity contribution >= 4 is 17.3 Å². The van der Waals surface area contributed by atoms with E-state index in [2.05, 4.69) is 5.32 Å². The molecule has 3 N–H and O–H groups in total. The van der Waals surface area contributed by atoms with Crippen LogP contribution in [-0.2, 0) is 11.3 Å². The third-order valence-electron chi connectivity index (χ3n) is 2.90. The number of hydrogen-bond acceptors (Lipinski definition) is 3. The van der Waals surface area contributed by atoms with Crippen molar-refractivity contribution in [3.05, 3.63) is 59.7 Å². The van der Waals surface area contributed by atoms with E-state index in [1.165, 1.54) is 0 Å². The van der Waals surface area contributed by atoms with Gasteiger partial charge in [-0.05, 0) is 37.3 Å². The van der Waals surface area contributed by atoms with Crippen molar-refractivity contribution in [2.24, 2.45) is 0 Å². The second-order valence-electron chi connectivity index (χ2n) is 4.37. The lowest BCUT2D eigenvalue weighted by Crippen LogP contribution is -2.13. The molecule has 2 aromatic carbocycles. The van der Waals surface area contributed by atoms with Gasteiger partial charge in [-0.15, -0.1) is 0 Å². The maximum atomic E-state index is 12.2. The van der Waals surface area contributed by atoms with Crippen LogP contribution >= 0.6 is 0 Å². The van der Waals surface area contributed by atoms with Crippen molar-refractivity contribution in [2.45, 2.75) is 13.5 Å². The highest BCUT2D eigenvalue weighted by molar-refractivity contribution is 6.04. The highest BCUT2D eigenvalue weighted by Crippen LogP contribution is 2.17. The summed E-state index contributed by atoms with van der Waals surface area (Å²) >= 11 is 0. The number of nitrogen functional groups attached to an aromatic ring is 1. The maximum absolute atomic E-state index is 12.2. The van der Waals surface area contributed by atoms with Gasteiger partial charge in [0.1, 0.15) is 0 Å². The lowest BCUT2D eigenvalue weighted by molar-refractivity contribution is 0.102. The van der Waals surface area contributed by atoms with Gasteiger partial charge in [0.25, 0.3) is 5.91 Å². The number of ether oxygens (including phenoxy) is 1. The van der Waals surface area contributed by atoms with Gasteiger partial charge < -0.3 is 15.8 Å². The molecule has 2 rings (SSSR count). The van der Waals surface area contributed by atoms with Crippen molar-refractivity contribution in [1.29, 1.82) is 0 Å². The zero-order valence-electron chi connectivity index (χ0n) is 11.4. The van der Waals surface area contributed by atoms with Gasteiger partial charge >= 0.3 is 0 Å². The zero-order chi connectivity index (χ0) is 14.4. The zero-order valence-corrected chi connectivity index (χ0v) is 11.4. The molecule has 0 aliphatic carbocycles. The van der Waals surface area contributed by atoms with Gasteiger partial charge in [-0.2, -0.15) is 0 Å². The van der Waals surface area contributed by atoms with Gasteiger partial charge in [-0.1, -0.05) is 18.2 Å². The summed E-state index contributed by atoms with van der Waals surface area (Å²) in [5.41, 5.74) is 8.54. The molecule has 0 unspecified atom stereocenters. The van der Waals surface area contributed by atoms with Crippen LogP contribution in [0.5, 0.6) is 0 Å². The molecule has 0 aliphatic heterocycles. The average Bonchev–Trinajstić information content (AvgIpc) is 2.47. The Morgan fingerprint density at radius 3 is 2.55 bits per heavy atom. The molecule has 4 heteroatoms. The maximum Gasteiger partial charge on any atom is 0.255 e. The molecule has 20 heavy (non-hydrogen) atoms. The minimum atomic E-state index is -0.158. The van der Waals surface area contributed by atoms with Crippen molar-refractivity contribution in [3.8, 4) is 0 Å². The van der Waals surface area contributed by atoms with Gasteiger partial charge in [-0.3, -0.25) is 4.79 Å². The number of nitrogens with one attached hydrogen (secondary N) is 1. The lowest BCUT2D eigenvalue weighted by atomic mass is 10.1. The van der Waals surface area contributed by atoms with Crippen LogP contribution in [0, 0.1) is 0 Å². The standard InChI is InChI=1S/C16H18N2O2/c1-2-20-11-13-5-3-4-6-15(13)18-16(19)12-7-9-14(17)10-8-12/h3-10H,2,11,17H2,1H3,(H,18,19). The molecule has 0 heterocycles. The molecule has 0 aliphatic rings. The minimum Gasteiger partial charge on any atom is -0.399 e. The molecule has 104 valence electrons. The number of carbonyl (C=O) groups excluding carboxylic acids is 1. The Hall–Kier alpha value is -2.33. The van der Waals surface area contributed by atoms with E-state index < -0.39 is 0 Å². The monoisotopic (exact) mass is 270 g/mol. The molecule has 4 nitrogen and oxygen atoms in total. The Labute approximate surface area is 118 Å². The third-order valence-corrected chi connectivity index (χ3v) is 2.90. The molecule has 0 radical (unpaired) electrons. The number of nitrogens with two attached hydrogens (primary N) is 1. The van der Waals surface area contributed by atoms with Crippen LogP contribution in [0.2, 0.25) is 0 Å². The minimum absolute atomic E-state index is 0.158.